The molecule has 0 unspecified atom stereocenters. The number of hydrogen-bond donors (Lipinski definition) is 2. The number of benzene rings is 1. The zero-order valence-electron chi connectivity index (χ0n) is 17.5. The first-order valence-corrected chi connectivity index (χ1v) is 11.7. The first kappa shape index (κ1) is 21.4. The maximum Gasteiger partial charge on any atom is 0.263 e. The zero-order chi connectivity index (χ0) is 21.8. The highest BCUT2D eigenvalue weighted by atomic mass is 32.1. The third-order valence-corrected chi connectivity index (χ3v) is 7.14. The van der Waals surface area contributed by atoms with Gasteiger partial charge in [-0.05, 0) is 49.3 Å². The van der Waals surface area contributed by atoms with Crippen LogP contribution in [0.4, 0.5) is 11.4 Å². The van der Waals surface area contributed by atoms with Crippen molar-refractivity contribution >= 4 is 40.4 Å². The van der Waals surface area contributed by atoms with Gasteiger partial charge < -0.3 is 20.9 Å². The largest absolute Gasteiger partial charge is 0.370 e. The third kappa shape index (κ3) is 4.90. The van der Waals surface area contributed by atoms with Gasteiger partial charge in [0.1, 0.15) is 0 Å². The second kappa shape index (κ2) is 9.51. The Labute approximate surface area is 186 Å². The fourth-order valence-electron chi connectivity index (χ4n) is 4.40. The first-order valence-electron chi connectivity index (χ1n) is 10.8. The summed E-state index contributed by atoms with van der Waals surface area (Å²) in [7, 11) is 0. The quantitative estimate of drug-likeness (QED) is 0.747. The van der Waals surface area contributed by atoms with Crippen LogP contribution in [0.1, 0.15) is 35.4 Å². The lowest BCUT2D eigenvalue weighted by atomic mass is 9.95. The molecule has 1 aromatic carbocycles. The highest BCUT2D eigenvalue weighted by Crippen LogP contribution is 2.31. The van der Waals surface area contributed by atoms with Gasteiger partial charge in [-0.1, -0.05) is 18.2 Å². The third-order valence-electron chi connectivity index (χ3n) is 6.28. The summed E-state index contributed by atoms with van der Waals surface area (Å²) >= 11 is 1.45. The summed E-state index contributed by atoms with van der Waals surface area (Å²) in [4.78, 5) is 41.7. The molecule has 0 saturated carbocycles. The zero-order valence-corrected chi connectivity index (χ0v) is 18.3. The van der Waals surface area contributed by atoms with Gasteiger partial charge in [-0.25, -0.2) is 0 Å². The average Bonchev–Trinajstić information content (AvgIpc) is 3.34. The summed E-state index contributed by atoms with van der Waals surface area (Å²) in [5.74, 6) is -0.354. The van der Waals surface area contributed by atoms with E-state index in [1.807, 2.05) is 46.7 Å². The maximum atomic E-state index is 13.0. The lowest BCUT2D eigenvalue weighted by Gasteiger charge is -2.34. The normalized spacial score (nSPS) is 18.1. The van der Waals surface area contributed by atoms with Crippen molar-refractivity contribution in [3.63, 3.8) is 0 Å². The van der Waals surface area contributed by atoms with Crippen LogP contribution >= 0.6 is 11.3 Å². The minimum Gasteiger partial charge on any atom is -0.370 e. The average molecular weight is 441 g/mol. The molecule has 0 atom stereocenters. The topological polar surface area (TPSA) is 95.7 Å². The van der Waals surface area contributed by atoms with Crippen LogP contribution in [-0.4, -0.2) is 48.8 Å². The Kier molecular flexibility index (Phi) is 6.56. The number of carbonyl (C=O) groups excluding carboxylic acids is 3. The summed E-state index contributed by atoms with van der Waals surface area (Å²) in [6.07, 6.45) is 2.78. The van der Waals surface area contributed by atoms with Crippen LogP contribution in [0.15, 0.2) is 41.8 Å². The van der Waals surface area contributed by atoms with Crippen molar-refractivity contribution in [1.29, 1.82) is 0 Å². The second-order valence-corrected chi connectivity index (χ2v) is 9.16. The molecule has 4 rings (SSSR count). The van der Waals surface area contributed by atoms with Crippen molar-refractivity contribution in [2.24, 2.45) is 17.6 Å². The van der Waals surface area contributed by atoms with Crippen LogP contribution in [0.3, 0.4) is 0 Å². The predicted octanol–water partition coefficient (Wildman–Crippen LogP) is 2.94. The minimum absolute atomic E-state index is 0.00249. The van der Waals surface area contributed by atoms with Gasteiger partial charge >= 0.3 is 0 Å². The van der Waals surface area contributed by atoms with E-state index in [4.69, 9.17) is 5.73 Å². The summed E-state index contributed by atoms with van der Waals surface area (Å²) in [5.41, 5.74) is 7.22. The van der Waals surface area contributed by atoms with Crippen molar-refractivity contribution < 1.29 is 14.4 Å². The molecule has 3 N–H and O–H groups in total. The fraction of sp³-hybridized carbons (Fsp3) is 0.435. The van der Waals surface area contributed by atoms with E-state index in [9.17, 15) is 14.4 Å². The number of para-hydroxylation sites is 2. The van der Waals surface area contributed by atoms with Gasteiger partial charge in [0.25, 0.3) is 5.91 Å². The van der Waals surface area contributed by atoms with E-state index < -0.39 is 0 Å². The van der Waals surface area contributed by atoms with Crippen LogP contribution in [0.25, 0.3) is 0 Å². The molecule has 7 nitrogen and oxygen atoms in total. The van der Waals surface area contributed by atoms with E-state index in [2.05, 4.69) is 10.2 Å². The Morgan fingerprint density at radius 3 is 2.23 bits per heavy atom. The van der Waals surface area contributed by atoms with Gasteiger partial charge in [-0.15, -0.1) is 11.3 Å². The number of amides is 3. The number of nitrogens with two attached hydrogens (primary N) is 1. The summed E-state index contributed by atoms with van der Waals surface area (Å²) < 4.78 is 0. The van der Waals surface area contributed by atoms with E-state index in [1.54, 1.807) is 0 Å². The minimum atomic E-state index is -0.231. The number of thiophene rings is 1. The molecule has 2 aromatic rings. The highest BCUT2D eigenvalue weighted by molar-refractivity contribution is 7.12. The molecular formula is C23H28N4O3S. The number of piperidine rings is 2. The van der Waals surface area contributed by atoms with Gasteiger partial charge in [-0.3, -0.25) is 14.4 Å². The molecule has 0 radical (unpaired) electrons. The van der Waals surface area contributed by atoms with Gasteiger partial charge in [0.2, 0.25) is 11.8 Å². The summed E-state index contributed by atoms with van der Waals surface area (Å²) in [6.45, 7) is 2.67. The molecule has 2 fully saturated rings. The van der Waals surface area contributed by atoms with E-state index in [0.717, 1.165) is 42.2 Å². The van der Waals surface area contributed by atoms with Crippen molar-refractivity contribution in [3.05, 3.63) is 46.7 Å². The Bertz CT molecular complexity index is 930. The highest BCUT2D eigenvalue weighted by Gasteiger charge is 2.29. The number of hydrogen-bond acceptors (Lipinski definition) is 5. The Morgan fingerprint density at radius 1 is 0.903 bits per heavy atom. The molecule has 2 saturated heterocycles. The molecule has 2 aliphatic rings. The molecule has 0 bridgehead atoms. The summed E-state index contributed by atoms with van der Waals surface area (Å²) in [5, 5.41) is 5.01. The van der Waals surface area contributed by atoms with Gasteiger partial charge in [-0.2, -0.15) is 0 Å². The predicted molar refractivity (Wildman–Crippen MR) is 122 cm³/mol. The Hall–Kier alpha value is -2.87. The van der Waals surface area contributed by atoms with Crippen LogP contribution in [-0.2, 0) is 9.59 Å². The monoisotopic (exact) mass is 440 g/mol. The number of nitrogens with one attached hydrogen (secondary N) is 1. The number of rotatable bonds is 5. The van der Waals surface area contributed by atoms with Crippen LogP contribution < -0.4 is 16.0 Å². The van der Waals surface area contributed by atoms with Crippen LogP contribution in [0.2, 0.25) is 0 Å². The molecule has 3 amide bonds. The van der Waals surface area contributed by atoms with Crippen molar-refractivity contribution in [1.82, 2.24) is 4.90 Å². The van der Waals surface area contributed by atoms with E-state index in [1.165, 1.54) is 11.3 Å². The molecule has 0 aliphatic carbocycles. The molecular weight excluding hydrogens is 412 g/mol. The SMILES string of the molecule is NC(=O)C1CCN(c2ccccc2NC(=O)C2CCN(C(=O)c3cccs3)CC2)CC1. The lowest BCUT2D eigenvalue weighted by Crippen LogP contribution is -2.41. The summed E-state index contributed by atoms with van der Waals surface area (Å²) in [6, 6.07) is 11.5. The Balaban J connectivity index is 1.34. The first-order chi connectivity index (χ1) is 15.0. The van der Waals surface area contributed by atoms with Crippen molar-refractivity contribution in [2.45, 2.75) is 25.7 Å². The molecule has 31 heavy (non-hydrogen) atoms. The standard InChI is InChI=1S/C23H28N4O3S/c24-21(28)16-7-11-26(12-8-16)19-5-2-1-4-18(19)25-22(29)17-9-13-27(14-10-17)23(30)20-6-3-15-31-20/h1-6,15-17H,7-14H2,(H2,24,28)(H,25,29). The van der Waals surface area contributed by atoms with Crippen molar-refractivity contribution in [2.75, 3.05) is 36.4 Å². The number of anilines is 2. The second-order valence-electron chi connectivity index (χ2n) is 8.21. The molecule has 1 aromatic heterocycles. The number of likely N-dealkylation sites (tertiary alicyclic amines) is 1. The van der Waals surface area contributed by atoms with E-state index >= 15 is 0 Å². The number of primary amides is 1. The van der Waals surface area contributed by atoms with Crippen LogP contribution in [0.5, 0.6) is 0 Å². The van der Waals surface area contributed by atoms with Crippen molar-refractivity contribution in [3.8, 4) is 0 Å². The fourth-order valence-corrected chi connectivity index (χ4v) is 5.09. The van der Waals surface area contributed by atoms with E-state index in [-0.39, 0.29) is 29.6 Å². The number of nitrogens with zero attached hydrogens (tertiary/aromatic N) is 2. The van der Waals surface area contributed by atoms with Gasteiger partial charge in [0.15, 0.2) is 0 Å². The smallest absolute Gasteiger partial charge is 0.263 e. The molecule has 0 spiro atoms. The maximum absolute atomic E-state index is 13.0. The molecule has 3 heterocycles. The Morgan fingerprint density at radius 2 is 1.58 bits per heavy atom. The van der Waals surface area contributed by atoms with Crippen LogP contribution in [0, 0.1) is 11.8 Å². The molecule has 8 heteroatoms. The number of carbonyl (C=O) groups is 3. The lowest BCUT2D eigenvalue weighted by molar-refractivity contribution is -0.122. The van der Waals surface area contributed by atoms with E-state index in [0.29, 0.717) is 25.9 Å². The molecule has 2 aliphatic heterocycles. The van der Waals surface area contributed by atoms with Gasteiger partial charge in [0.05, 0.1) is 16.3 Å². The molecule has 164 valence electrons. The van der Waals surface area contributed by atoms with Gasteiger partial charge in [0, 0.05) is 38.0 Å².